The maximum Gasteiger partial charge on any atom is 0.236 e. The van der Waals surface area contributed by atoms with Crippen molar-refractivity contribution >= 4 is 5.91 Å². The van der Waals surface area contributed by atoms with E-state index >= 15 is 0 Å². The first-order valence-electron chi connectivity index (χ1n) is 8.13. The van der Waals surface area contributed by atoms with Crippen LogP contribution in [0.3, 0.4) is 0 Å². The van der Waals surface area contributed by atoms with Gasteiger partial charge in [-0.3, -0.25) is 9.69 Å². The third kappa shape index (κ3) is 3.53. The van der Waals surface area contributed by atoms with Crippen molar-refractivity contribution in [1.29, 1.82) is 0 Å². The summed E-state index contributed by atoms with van der Waals surface area (Å²) in [7, 11) is 1.99. The lowest BCUT2D eigenvalue weighted by atomic mass is 9.85. The van der Waals surface area contributed by atoms with Crippen LogP contribution >= 0.6 is 0 Å². The molecule has 3 atom stereocenters. The van der Waals surface area contributed by atoms with Crippen LogP contribution in [0, 0.1) is 11.3 Å². The molecule has 4 heteroatoms. The van der Waals surface area contributed by atoms with Crippen LogP contribution in [0.4, 0.5) is 0 Å². The Balaban J connectivity index is 1.85. The van der Waals surface area contributed by atoms with E-state index in [4.69, 9.17) is 5.73 Å². The quantitative estimate of drug-likeness (QED) is 0.853. The molecule has 2 aliphatic rings. The lowest BCUT2D eigenvalue weighted by Gasteiger charge is -2.37. The molecule has 2 fully saturated rings. The van der Waals surface area contributed by atoms with Gasteiger partial charge in [-0.15, -0.1) is 0 Å². The first-order valence-corrected chi connectivity index (χ1v) is 8.13. The number of likely N-dealkylation sites (N-methyl/N-ethyl adjacent to an activating group) is 1. The second-order valence-corrected chi connectivity index (χ2v) is 7.31. The van der Waals surface area contributed by atoms with Crippen LogP contribution in [0.2, 0.25) is 0 Å². The molecule has 0 aromatic carbocycles. The maximum absolute atomic E-state index is 12.5. The third-order valence-electron chi connectivity index (χ3n) is 5.45. The van der Waals surface area contributed by atoms with Gasteiger partial charge in [0.05, 0.1) is 6.54 Å². The zero-order valence-electron chi connectivity index (χ0n) is 13.4. The van der Waals surface area contributed by atoms with Crippen molar-refractivity contribution in [3.05, 3.63) is 0 Å². The fourth-order valence-electron chi connectivity index (χ4n) is 3.79. The van der Waals surface area contributed by atoms with Crippen molar-refractivity contribution in [2.45, 2.75) is 52.0 Å². The van der Waals surface area contributed by atoms with Gasteiger partial charge in [-0.2, -0.15) is 0 Å². The van der Waals surface area contributed by atoms with E-state index in [9.17, 15) is 4.79 Å². The Morgan fingerprint density at radius 3 is 2.70 bits per heavy atom. The molecular weight excluding hydrogens is 250 g/mol. The van der Waals surface area contributed by atoms with Gasteiger partial charge in [0.25, 0.3) is 0 Å². The SMILES string of the molecule is CC1CCCCC1N(C)C(=O)CN1CCC(C)(CN)C1. The van der Waals surface area contributed by atoms with Crippen molar-refractivity contribution < 1.29 is 4.79 Å². The Hall–Kier alpha value is -0.610. The zero-order valence-corrected chi connectivity index (χ0v) is 13.4. The fraction of sp³-hybridized carbons (Fsp3) is 0.938. The highest BCUT2D eigenvalue weighted by Crippen LogP contribution is 2.30. The van der Waals surface area contributed by atoms with E-state index in [2.05, 4.69) is 18.7 Å². The molecule has 2 rings (SSSR count). The average molecular weight is 281 g/mol. The Bertz CT molecular complexity index is 347. The molecule has 1 heterocycles. The monoisotopic (exact) mass is 281 g/mol. The van der Waals surface area contributed by atoms with E-state index in [0.717, 1.165) is 19.5 Å². The number of hydrogen-bond acceptors (Lipinski definition) is 3. The lowest BCUT2D eigenvalue weighted by Crippen LogP contribution is -2.46. The van der Waals surface area contributed by atoms with Gasteiger partial charge < -0.3 is 10.6 Å². The van der Waals surface area contributed by atoms with Gasteiger partial charge in [-0.25, -0.2) is 0 Å². The second kappa shape index (κ2) is 6.44. The predicted octanol–water partition coefficient (Wildman–Crippen LogP) is 1.69. The van der Waals surface area contributed by atoms with Crippen LogP contribution in [0.25, 0.3) is 0 Å². The number of carbonyl (C=O) groups excluding carboxylic acids is 1. The highest BCUT2D eigenvalue weighted by Gasteiger charge is 2.35. The molecule has 0 aromatic rings. The highest BCUT2D eigenvalue weighted by molar-refractivity contribution is 5.78. The standard InChI is InChI=1S/C16H31N3O/c1-13-6-4-5-7-14(13)18(3)15(20)10-19-9-8-16(2,11-17)12-19/h13-14H,4-12,17H2,1-3H3. The summed E-state index contributed by atoms with van der Waals surface area (Å²) in [6.07, 6.45) is 6.13. The molecule has 116 valence electrons. The molecule has 1 saturated heterocycles. The normalized spacial score (nSPS) is 35.2. The molecule has 0 bridgehead atoms. The number of nitrogens with zero attached hydrogens (tertiary/aromatic N) is 2. The summed E-state index contributed by atoms with van der Waals surface area (Å²) < 4.78 is 0. The minimum atomic E-state index is 0.205. The molecule has 1 aliphatic heterocycles. The minimum Gasteiger partial charge on any atom is -0.341 e. The number of nitrogens with two attached hydrogens (primary N) is 1. The maximum atomic E-state index is 12.5. The first kappa shape index (κ1) is 15.8. The van der Waals surface area contributed by atoms with Crippen molar-refractivity contribution in [3.63, 3.8) is 0 Å². The fourth-order valence-corrected chi connectivity index (χ4v) is 3.79. The molecule has 4 nitrogen and oxygen atoms in total. The van der Waals surface area contributed by atoms with E-state index in [-0.39, 0.29) is 11.3 Å². The molecule has 20 heavy (non-hydrogen) atoms. The summed E-state index contributed by atoms with van der Waals surface area (Å²) in [6, 6.07) is 0.444. The topological polar surface area (TPSA) is 49.6 Å². The van der Waals surface area contributed by atoms with Crippen molar-refractivity contribution in [2.24, 2.45) is 17.1 Å². The summed E-state index contributed by atoms with van der Waals surface area (Å²) in [4.78, 5) is 16.8. The molecule has 0 radical (unpaired) electrons. The third-order valence-corrected chi connectivity index (χ3v) is 5.45. The van der Waals surface area contributed by atoms with Crippen LogP contribution in [0.15, 0.2) is 0 Å². The molecule has 0 aromatic heterocycles. The Kier molecular flexibility index (Phi) is 5.08. The number of hydrogen-bond donors (Lipinski definition) is 1. The number of likely N-dealkylation sites (tertiary alicyclic amines) is 1. The zero-order chi connectivity index (χ0) is 14.8. The van der Waals surface area contributed by atoms with Crippen molar-refractivity contribution in [3.8, 4) is 0 Å². The van der Waals surface area contributed by atoms with Crippen molar-refractivity contribution in [2.75, 3.05) is 33.2 Å². The number of carbonyl (C=O) groups is 1. The van der Waals surface area contributed by atoms with Crippen LogP contribution in [-0.2, 0) is 4.79 Å². The summed E-state index contributed by atoms with van der Waals surface area (Å²) in [5.74, 6) is 0.926. The van der Waals surface area contributed by atoms with Crippen LogP contribution in [0.1, 0.15) is 46.0 Å². The van der Waals surface area contributed by atoms with E-state index in [0.29, 0.717) is 25.0 Å². The lowest BCUT2D eigenvalue weighted by molar-refractivity contribution is -0.134. The summed E-state index contributed by atoms with van der Waals surface area (Å²) in [5.41, 5.74) is 6.04. The van der Waals surface area contributed by atoms with Crippen molar-refractivity contribution in [1.82, 2.24) is 9.80 Å². The smallest absolute Gasteiger partial charge is 0.236 e. The molecule has 1 amide bonds. The van der Waals surface area contributed by atoms with Gasteiger partial charge in [0.1, 0.15) is 0 Å². The molecule has 2 N–H and O–H groups in total. The van der Waals surface area contributed by atoms with Crippen LogP contribution in [0.5, 0.6) is 0 Å². The van der Waals surface area contributed by atoms with Gasteiger partial charge in [0.15, 0.2) is 0 Å². The Labute approximate surface area is 123 Å². The van der Waals surface area contributed by atoms with Gasteiger partial charge in [-0.1, -0.05) is 26.7 Å². The molecular formula is C16H31N3O. The highest BCUT2D eigenvalue weighted by atomic mass is 16.2. The summed E-state index contributed by atoms with van der Waals surface area (Å²) in [5, 5.41) is 0. The van der Waals surface area contributed by atoms with Crippen LogP contribution < -0.4 is 5.73 Å². The molecule has 1 saturated carbocycles. The van der Waals surface area contributed by atoms with E-state index in [1.807, 2.05) is 11.9 Å². The van der Waals surface area contributed by atoms with E-state index in [1.54, 1.807) is 0 Å². The summed E-state index contributed by atoms with van der Waals surface area (Å²) in [6.45, 7) is 7.76. The van der Waals surface area contributed by atoms with Crippen LogP contribution in [-0.4, -0.2) is 55.0 Å². The van der Waals surface area contributed by atoms with Gasteiger partial charge >= 0.3 is 0 Å². The van der Waals surface area contributed by atoms with Gasteiger partial charge in [0, 0.05) is 19.6 Å². The summed E-state index contributed by atoms with van der Waals surface area (Å²) >= 11 is 0. The number of amides is 1. The van der Waals surface area contributed by atoms with Gasteiger partial charge in [-0.05, 0) is 43.7 Å². The van der Waals surface area contributed by atoms with Gasteiger partial charge in [0.2, 0.25) is 5.91 Å². The molecule has 1 aliphatic carbocycles. The van der Waals surface area contributed by atoms with E-state index in [1.165, 1.54) is 25.7 Å². The molecule has 0 spiro atoms. The van der Waals surface area contributed by atoms with E-state index < -0.39 is 0 Å². The minimum absolute atomic E-state index is 0.205. The Morgan fingerprint density at radius 1 is 1.40 bits per heavy atom. The molecule has 3 unspecified atom stereocenters. The number of rotatable bonds is 4. The largest absolute Gasteiger partial charge is 0.341 e. The Morgan fingerprint density at radius 2 is 2.10 bits per heavy atom. The average Bonchev–Trinajstić information content (AvgIpc) is 2.81. The predicted molar refractivity (Wildman–Crippen MR) is 82.4 cm³/mol. The second-order valence-electron chi connectivity index (χ2n) is 7.31. The first-order chi connectivity index (χ1) is 9.45.